The van der Waals surface area contributed by atoms with Crippen molar-refractivity contribution in [2.45, 2.75) is 33.7 Å². The molecule has 0 saturated heterocycles. The lowest BCUT2D eigenvalue weighted by molar-refractivity contribution is 0.0624. The minimum Gasteiger partial charge on any atom is -0.338 e. The lowest BCUT2D eigenvalue weighted by Crippen LogP contribution is -2.43. The highest BCUT2D eigenvalue weighted by Gasteiger charge is 2.28. The molecule has 1 rings (SSSR count). The molecule has 0 heterocycles. The normalized spacial score (nSPS) is 12.3. The van der Waals surface area contributed by atoms with Gasteiger partial charge in [-0.1, -0.05) is 32.6 Å². The lowest BCUT2D eigenvalue weighted by Gasteiger charge is -2.35. The Hall–Kier alpha value is -1.86. The molecule has 0 aliphatic rings. The molecule has 0 radical (unpaired) electrons. The molecule has 0 bridgehead atoms. The first kappa shape index (κ1) is 17.2. The first-order valence-corrected chi connectivity index (χ1v) is 6.94. The third kappa shape index (κ3) is 4.30. The Kier molecular flexibility index (Phi) is 5.51. The van der Waals surface area contributed by atoms with E-state index in [0.29, 0.717) is 5.56 Å². The molecule has 1 atom stereocenters. The summed E-state index contributed by atoms with van der Waals surface area (Å²) in [6.45, 7) is 8.30. The maximum absolute atomic E-state index is 13.9. The molecule has 1 aromatic carbocycles. The number of nitrogens with two attached hydrogens (primary N) is 1. The average molecular weight is 290 g/mol. The molecule has 1 aromatic rings. The van der Waals surface area contributed by atoms with Crippen LogP contribution in [0.5, 0.6) is 0 Å². The van der Waals surface area contributed by atoms with Crippen LogP contribution in [0.2, 0.25) is 0 Å². The number of hydrogen-bond donors (Lipinski definition) is 1. The van der Waals surface area contributed by atoms with E-state index < -0.39 is 5.82 Å². The zero-order chi connectivity index (χ0) is 16.2. The van der Waals surface area contributed by atoms with Crippen LogP contribution in [-0.2, 0) is 0 Å². The van der Waals surface area contributed by atoms with E-state index >= 15 is 0 Å². The molecule has 3 nitrogen and oxygen atoms in total. The number of carbonyl (C=O) groups excluding carboxylic acids is 1. The van der Waals surface area contributed by atoms with E-state index in [2.05, 4.69) is 11.8 Å². The second-order valence-electron chi connectivity index (χ2n) is 6.16. The number of carbonyl (C=O) groups is 1. The van der Waals surface area contributed by atoms with Gasteiger partial charge in [0.15, 0.2) is 0 Å². The van der Waals surface area contributed by atoms with Crippen molar-refractivity contribution in [1.29, 1.82) is 0 Å². The smallest absolute Gasteiger partial charge is 0.256 e. The highest BCUT2D eigenvalue weighted by molar-refractivity contribution is 5.95. The Morgan fingerprint density at radius 3 is 2.57 bits per heavy atom. The summed E-state index contributed by atoms with van der Waals surface area (Å²) in [6, 6.07) is 4.26. The fraction of sp³-hybridized carbons (Fsp3) is 0.471. The molecule has 114 valence electrons. The van der Waals surface area contributed by atoms with Crippen molar-refractivity contribution in [1.82, 2.24) is 4.90 Å². The van der Waals surface area contributed by atoms with Crippen LogP contribution in [0, 0.1) is 23.1 Å². The van der Waals surface area contributed by atoms with Crippen LogP contribution in [0.4, 0.5) is 4.39 Å². The average Bonchev–Trinajstić information content (AvgIpc) is 2.43. The molecule has 21 heavy (non-hydrogen) atoms. The molecule has 1 unspecified atom stereocenters. The summed E-state index contributed by atoms with van der Waals surface area (Å²) in [6.07, 6.45) is 0. The van der Waals surface area contributed by atoms with Gasteiger partial charge in [-0.2, -0.15) is 0 Å². The molecule has 0 fully saturated rings. The van der Waals surface area contributed by atoms with Gasteiger partial charge in [0, 0.05) is 18.7 Å². The Morgan fingerprint density at radius 1 is 1.43 bits per heavy atom. The van der Waals surface area contributed by atoms with E-state index in [1.165, 1.54) is 12.1 Å². The van der Waals surface area contributed by atoms with Crippen molar-refractivity contribution in [2.75, 3.05) is 13.6 Å². The predicted molar refractivity (Wildman–Crippen MR) is 83.3 cm³/mol. The summed E-state index contributed by atoms with van der Waals surface area (Å²) in [5.41, 5.74) is 5.86. The fourth-order valence-electron chi connectivity index (χ4n) is 1.87. The number of benzene rings is 1. The van der Waals surface area contributed by atoms with Crippen LogP contribution < -0.4 is 5.73 Å². The topological polar surface area (TPSA) is 46.3 Å². The van der Waals surface area contributed by atoms with Gasteiger partial charge in [-0.15, -0.1) is 0 Å². The van der Waals surface area contributed by atoms with E-state index in [9.17, 15) is 9.18 Å². The zero-order valence-corrected chi connectivity index (χ0v) is 13.3. The van der Waals surface area contributed by atoms with E-state index in [1.807, 2.05) is 27.7 Å². The second kappa shape index (κ2) is 6.73. The predicted octanol–water partition coefficient (Wildman–Crippen LogP) is 2.64. The highest BCUT2D eigenvalue weighted by atomic mass is 19.1. The molecule has 1 amide bonds. The van der Waals surface area contributed by atoms with Gasteiger partial charge in [0.1, 0.15) is 5.82 Å². The summed E-state index contributed by atoms with van der Waals surface area (Å²) in [5.74, 6) is 4.63. The Labute approximate surface area is 126 Å². The Morgan fingerprint density at radius 2 is 2.05 bits per heavy atom. The Bertz CT molecular complexity index is 579. The molecule has 0 aromatic heterocycles. The minimum atomic E-state index is -0.536. The number of halogens is 1. The van der Waals surface area contributed by atoms with Crippen LogP contribution in [0.15, 0.2) is 18.2 Å². The maximum atomic E-state index is 13.9. The standard InChI is InChI=1S/C17H23FN2O/c1-12(17(2,3)4)20(5)16(21)14-11-13(7-6-10-19)8-9-15(14)18/h8-9,11-12H,10,19H2,1-5H3. The summed E-state index contributed by atoms with van der Waals surface area (Å²) in [5, 5.41) is 0. The van der Waals surface area contributed by atoms with E-state index in [4.69, 9.17) is 5.73 Å². The molecule has 4 heteroatoms. The van der Waals surface area contributed by atoms with Gasteiger partial charge in [0.2, 0.25) is 0 Å². The van der Waals surface area contributed by atoms with Gasteiger partial charge in [-0.05, 0) is 30.5 Å². The third-order valence-corrected chi connectivity index (χ3v) is 3.69. The van der Waals surface area contributed by atoms with E-state index in [1.54, 1.807) is 18.0 Å². The first-order chi connectivity index (χ1) is 9.68. The van der Waals surface area contributed by atoms with E-state index in [-0.39, 0.29) is 29.5 Å². The van der Waals surface area contributed by atoms with Gasteiger partial charge >= 0.3 is 0 Å². The van der Waals surface area contributed by atoms with Crippen molar-refractivity contribution in [3.05, 3.63) is 35.1 Å². The number of rotatable bonds is 2. The number of nitrogens with zero attached hydrogens (tertiary/aromatic N) is 1. The Balaban J connectivity index is 3.12. The number of amides is 1. The third-order valence-electron chi connectivity index (χ3n) is 3.69. The van der Waals surface area contributed by atoms with Crippen LogP contribution in [0.1, 0.15) is 43.6 Å². The summed E-state index contributed by atoms with van der Waals surface area (Å²) >= 11 is 0. The maximum Gasteiger partial charge on any atom is 0.256 e. The molecular weight excluding hydrogens is 267 g/mol. The summed E-state index contributed by atoms with van der Waals surface area (Å²) < 4.78 is 13.9. The first-order valence-electron chi connectivity index (χ1n) is 6.94. The van der Waals surface area contributed by atoms with Crippen LogP contribution in [0.25, 0.3) is 0 Å². The van der Waals surface area contributed by atoms with Crippen molar-refractivity contribution in [2.24, 2.45) is 11.1 Å². The molecule has 0 aliphatic carbocycles. The van der Waals surface area contributed by atoms with Crippen molar-refractivity contribution in [3.63, 3.8) is 0 Å². The molecule has 0 spiro atoms. The van der Waals surface area contributed by atoms with Crippen molar-refractivity contribution in [3.8, 4) is 11.8 Å². The minimum absolute atomic E-state index is 0.0248. The van der Waals surface area contributed by atoms with Crippen LogP contribution >= 0.6 is 0 Å². The van der Waals surface area contributed by atoms with Gasteiger partial charge in [0.25, 0.3) is 5.91 Å². The summed E-state index contributed by atoms with van der Waals surface area (Å²) in [4.78, 5) is 14.1. The number of hydrogen-bond acceptors (Lipinski definition) is 2. The van der Waals surface area contributed by atoms with Gasteiger partial charge in [-0.25, -0.2) is 4.39 Å². The molecule has 0 saturated carbocycles. The van der Waals surface area contributed by atoms with Crippen molar-refractivity contribution < 1.29 is 9.18 Å². The zero-order valence-electron chi connectivity index (χ0n) is 13.3. The van der Waals surface area contributed by atoms with Gasteiger partial charge < -0.3 is 10.6 Å². The fourth-order valence-corrected chi connectivity index (χ4v) is 1.87. The largest absolute Gasteiger partial charge is 0.338 e. The van der Waals surface area contributed by atoms with Gasteiger partial charge in [0.05, 0.1) is 12.1 Å². The SMILES string of the molecule is CC(N(C)C(=O)c1cc(C#CCN)ccc1F)C(C)(C)C. The van der Waals surface area contributed by atoms with Crippen molar-refractivity contribution >= 4 is 5.91 Å². The van der Waals surface area contributed by atoms with Gasteiger partial charge in [-0.3, -0.25) is 4.79 Å². The molecule has 0 aliphatic heterocycles. The second-order valence-corrected chi connectivity index (χ2v) is 6.16. The monoisotopic (exact) mass is 290 g/mol. The lowest BCUT2D eigenvalue weighted by atomic mass is 9.87. The quantitative estimate of drug-likeness (QED) is 0.851. The highest BCUT2D eigenvalue weighted by Crippen LogP contribution is 2.25. The van der Waals surface area contributed by atoms with Crippen LogP contribution in [-0.4, -0.2) is 30.4 Å². The summed E-state index contributed by atoms with van der Waals surface area (Å²) in [7, 11) is 1.69. The molecule has 2 N–H and O–H groups in total. The molecular formula is C17H23FN2O. The van der Waals surface area contributed by atoms with E-state index in [0.717, 1.165) is 0 Å². The van der Waals surface area contributed by atoms with Crippen LogP contribution in [0.3, 0.4) is 0 Å².